The summed E-state index contributed by atoms with van der Waals surface area (Å²) >= 11 is 11.9. The highest BCUT2D eigenvalue weighted by molar-refractivity contribution is 6.44. The third-order valence-electron chi connectivity index (χ3n) is 2.78. The van der Waals surface area contributed by atoms with Crippen LogP contribution in [0.15, 0.2) is 42.5 Å². The number of esters is 1. The van der Waals surface area contributed by atoms with Gasteiger partial charge < -0.3 is 10.1 Å². The fraction of sp³-hybridized carbons (Fsp3) is 0.0667. The standard InChI is InChI=1S/C15H11Cl2NO3/c1-21-15(20)9-5-2-3-8-12(9)18-14(19)10-6-4-7-11(16)13(10)17/h2-8H,1H3,(H,18,19). The molecule has 0 aliphatic carbocycles. The lowest BCUT2D eigenvalue weighted by molar-refractivity contribution is 0.0602. The van der Waals surface area contributed by atoms with E-state index < -0.39 is 11.9 Å². The maximum absolute atomic E-state index is 12.2. The SMILES string of the molecule is COC(=O)c1ccccc1NC(=O)c1cccc(Cl)c1Cl. The van der Waals surface area contributed by atoms with Crippen LogP contribution in [0.5, 0.6) is 0 Å². The first-order chi connectivity index (χ1) is 10.0. The van der Waals surface area contributed by atoms with Crippen LogP contribution >= 0.6 is 23.2 Å². The average molecular weight is 324 g/mol. The lowest BCUT2D eigenvalue weighted by Gasteiger charge is -2.10. The largest absolute Gasteiger partial charge is 0.465 e. The zero-order valence-electron chi connectivity index (χ0n) is 11.0. The summed E-state index contributed by atoms with van der Waals surface area (Å²) in [6.07, 6.45) is 0. The molecule has 0 aliphatic heterocycles. The van der Waals surface area contributed by atoms with Gasteiger partial charge in [-0.25, -0.2) is 4.79 Å². The molecular formula is C15H11Cl2NO3. The van der Waals surface area contributed by atoms with Crippen LogP contribution in [-0.4, -0.2) is 19.0 Å². The molecule has 0 spiro atoms. The van der Waals surface area contributed by atoms with E-state index in [-0.39, 0.29) is 21.2 Å². The van der Waals surface area contributed by atoms with E-state index >= 15 is 0 Å². The lowest BCUT2D eigenvalue weighted by Crippen LogP contribution is -2.15. The summed E-state index contributed by atoms with van der Waals surface area (Å²) < 4.78 is 4.67. The Kier molecular flexibility index (Phi) is 4.83. The number of methoxy groups -OCH3 is 1. The first-order valence-corrected chi connectivity index (χ1v) is 6.73. The van der Waals surface area contributed by atoms with Crippen LogP contribution in [0.25, 0.3) is 0 Å². The molecule has 1 N–H and O–H groups in total. The average Bonchev–Trinajstić information content (AvgIpc) is 2.49. The topological polar surface area (TPSA) is 55.4 Å². The second kappa shape index (κ2) is 6.61. The maximum atomic E-state index is 12.2. The van der Waals surface area contributed by atoms with Crippen molar-refractivity contribution in [3.8, 4) is 0 Å². The molecule has 0 saturated heterocycles. The minimum atomic E-state index is -0.539. The maximum Gasteiger partial charge on any atom is 0.339 e. The summed E-state index contributed by atoms with van der Waals surface area (Å²) in [6.45, 7) is 0. The molecule has 0 heterocycles. The highest BCUT2D eigenvalue weighted by Crippen LogP contribution is 2.26. The van der Waals surface area contributed by atoms with Crippen LogP contribution in [0, 0.1) is 0 Å². The van der Waals surface area contributed by atoms with E-state index in [2.05, 4.69) is 10.1 Å². The van der Waals surface area contributed by atoms with Crippen LogP contribution in [0.2, 0.25) is 10.0 Å². The van der Waals surface area contributed by atoms with Gasteiger partial charge in [-0.15, -0.1) is 0 Å². The summed E-state index contributed by atoms with van der Waals surface area (Å²) in [7, 11) is 1.27. The molecule has 0 saturated carbocycles. The van der Waals surface area contributed by atoms with Gasteiger partial charge in [0.05, 0.1) is 34.0 Å². The number of nitrogens with one attached hydrogen (secondary N) is 1. The molecule has 108 valence electrons. The fourth-order valence-corrected chi connectivity index (χ4v) is 2.14. The molecule has 2 aromatic carbocycles. The van der Waals surface area contributed by atoms with Crippen molar-refractivity contribution in [2.45, 2.75) is 0 Å². The monoisotopic (exact) mass is 323 g/mol. The first-order valence-electron chi connectivity index (χ1n) is 5.97. The van der Waals surface area contributed by atoms with Crippen LogP contribution in [0.3, 0.4) is 0 Å². The van der Waals surface area contributed by atoms with E-state index in [9.17, 15) is 9.59 Å². The highest BCUT2D eigenvalue weighted by atomic mass is 35.5. The molecule has 2 rings (SSSR count). The summed E-state index contributed by atoms with van der Waals surface area (Å²) in [5, 5.41) is 3.07. The normalized spacial score (nSPS) is 10.0. The van der Waals surface area contributed by atoms with Crippen molar-refractivity contribution in [3.63, 3.8) is 0 Å². The van der Waals surface area contributed by atoms with E-state index in [4.69, 9.17) is 23.2 Å². The van der Waals surface area contributed by atoms with Crippen molar-refractivity contribution >= 4 is 40.8 Å². The fourth-order valence-electron chi connectivity index (χ4n) is 1.75. The van der Waals surface area contributed by atoms with E-state index in [1.807, 2.05) is 0 Å². The van der Waals surface area contributed by atoms with E-state index in [0.717, 1.165) is 0 Å². The number of rotatable bonds is 3. The second-order valence-electron chi connectivity index (χ2n) is 4.09. The summed E-state index contributed by atoms with van der Waals surface area (Å²) in [6, 6.07) is 11.3. The predicted octanol–water partition coefficient (Wildman–Crippen LogP) is 4.03. The molecule has 0 aromatic heterocycles. The molecule has 0 aliphatic rings. The molecule has 0 bridgehead atoms. The van der Waals surface area contributed by atoms with Gasteiger partial charge in [-0.05, 0) is 24.3 Å². The number of hydrogen-bond acceptors (Lipinski definition) is 3. The lowest BCUT2D eigenvalue weighted by atomic mass is 10.1. The molecule has 0 fully saturated rings. The number of benzene rings is 2. The minimum Gasteiger partial charge on any atom is -0.465 e. The Balaban J connectivity index is 2.32. The van der Waals surface area contributed by atoms with Gasteiger partial charge in [0.15, 0.2) is 0 Å². The van der Waals surface area contributed by atoms with Gasteiger partial charge in [0, 0.05) is 0 Å². The molecule has 0 unspecified atom stereocenters. The number of ether oxygens (including phenoxy) is 1. The van der Waals surface area contributed by atoms with Crippen molar-refractivity contribution in [2.75, 3.05) is 12.4 Å². The van der Waals surface area contributed by atoms with Gasteiger partial charge in [-0.2, -0.15) is 0 Å². The van der Waals surface area contributed by atoms with Crippen LogP contribution in [0.4, 0.5) is 5.69 Å². The highest BCUT2D eigenvalue weighted by Gasteiger charge is 2.16. The molecule has 0 radical (unpaired) electrons. The number of anilines is 1. The Labute approximate surface area is 131 Å². The third-order valence-corrected chi connectivity index (χ3v) is 3.60. The van der Waals surface area contributed by atoms with Gasteiger partial charge in [0.1, 0.15) is 0 Å². The number of para-hydroxylation sites is 1. The Hall–Kier alpha value is -2.04. The minimum absolute atomic E-state index is 0.159. The van der Waals surface area contributed by atoms with Crippen molar-refractivity contribution in [1.82, 2.24) is 0 Å². The number of hydrogen-bond donors (Lipinski definition) is 1. The smallest absolute Gasteiger partial charge is 0.339 e. The van der Waals surface area contributed by atoms with Crippen molar-refractivity contribution in [1.29, 1.82) is 0 Å². The van der Waals surface area contributed by atoms with Gasteiger partial charge in [0.25, 0.3) is 5.91 Å². The van der Waals surface area contributed by atoms with Gasteiger partial charge >= 0.3 is 5.97 Å². The van der Waals surface area contributed by atoms with Gasteiger partial charge in [-0.1, -0.05) is 41.4 Å². The Bertz CT molecular complexity index is 701. The molecule has 6 heteroatoms. The number of halogens is 2. The van der Waals surface area contributed by atoms with Gasteiger partial charge in [0.2, 0.25) is 0 Å². The summed E-state index contributed by atoms with van der Waals surface area (Å²) in [5.41, 5.74) is 0.820. The van der Waals surface area contributed by atoms with E-state index in [1.54, 1.807) is 42.5 Å². The molecule has 21 heavy (non-hydrogen) atoms. The zero-order chi connectivity index (χ0) is 15.4. The third kappa shape index (κ3) is 3.35. The Morgan fingerprint density at radius 1 is 1.00 bits per heavy atom. The second-order valence-corrected chi connectivity index (χ2v) is 4.88. The van der Waals surface area contributed by atoms with E-state index in [0.29, 0.717) is 5.69 Å². The molecule has 2 aromatic rings. The summed E-state index contributed by atoms with van der Waals surface area (Å²) in [4.78, 5) is 23.9. The molecule has 4 nitrogen and oxygen atoms in total. The van der Waals surface area contributed by atoms with Gasteiger partial charge in [-0.3, -0.25) is 4.79 Å². The van der Waals surface area contributed by atoms with Crippen molar-refractivity contribution in [3.05, 3.63) is 63.6 Å². The van der Waals surface area contributed by atoms with Crippen molar-refractivity contribution < 1.29 is 14.3 Å². The quantitative estimate of drug-likeness (QED) is 0.867. The van der Waals surface area contributed by atoms with Crippen molar-refractivity contribution in [2.24, 2.45) is 0 Å². The van der Waals surface area contributed by atoms with Crippen LogP contribution in [-0.2, 0) is 4.74 Å². The van der Waals surface area contributed by atoms with Crippen LogP contribution in [0.1, 0.15) is 20.7 Å². The Morgan fingerprint density at radius 3 is 2.38 bits per heavy atom. The molecule has 1 amide bonds. The summed E-state index contributed by atoms with van der Waals surface area (Å²) in [5.74, 6) is -0.998. The Morgan fingerprint density at radius 2 is 1.67 bits per heavy atom. The number of amides is 1. The van der Waals surface area contributed by atoms with Crippen LogP contribution < -0.4 is 5.32 Å². The number of carbonyl (C=O) groups is 2. The van der Waals surface area contributed by atoms with E-state index in [1.165, 1.54) is 7.11 Å². The predicted molar refractivity (Wildman–Crippen MR) is 82.2 cm³/mol. The first kappa shape index (κ1) is 15.4. The molecule has 0 atom stereocenters. The molecular weight excluding hydrogens is 313 g/mol. The number of carbonyl (C=O) groups excluding carboxylic acids is 2. The zero-order valence-corrected chi connectivity index (χ0v) is 12.5.